The predicted octanol–water partition coefficient (Wildman–Crippen LogP) is 1.96. The molecular weight excluding hydrogens is 286 g/mol. The lowest BCUT2D eigenvalue weighted by molar-refractivity contribution is -0.115. The van der Waals surface area contributed by atoms with Crippen molar-refractivity contribution in [3.05, 3.63) is 58.7 Å². The van der Waals surface area contributed by atoms with Crippen molar-refractivity contribution in [2.75, 3.05) is 5.32 Å². The fourth-order valence-electron chi connectivity index (χ4n) is 1.88. The van der Waals surface area contributed by atoms with Gasteiger partial charge >= 0.3 is 0 Å². The summed E-state index contributed by atoms with van der Waals surface area (Å²) in [5.41, 5.74) is 2.84. The number of amides is 1. The van der Waals surface area contributed by atoms with Crippen LogP contribution in [0.3, 0.4) is 0 Å². The SMILES string of the molecule is O=C(Cc1cncs1)Nc1cn(Cc2ccccc2)nn1. The van der Waals surface area contributed by atoms with Crippen LogP contribution in [0.15, 0.2) is 48.2 Å². The molecule has 0 atom stereocenters. The van der Waals surface area contributed by atoms with Gasteiger partial charge in [-0.15, -0.1) is 16.4 Å². The maximum absolute atomic E-state index is 11.8. The van der Waals surface area contributed by atoms with Crippen molar-refractivity contribution >= 4 is 23.1 Å². The lowest BCUT2D eigenvalue weighted by Crippen LogP contribution is -2.14. The second-order valence-corrected chi connectivity index (χ2v) is 5.45. The summed E-state index contributed by atoms with van der Waals surface area (Å²) in [5.74, 6) is 0.339. The number of nitrogens with one attached hydrogen (secondary N) is 1. The number of hydrogen-bond acceptors (Lipinski definition) is 5. The number of aromatic nitrogens is 4. The van der Waals surface area contributed by atoms with Crippen LogP contribution >= 0.6 is 11.3 Å². The number of carbonyl (C=O) groups excluding carboxylic acids is 1. The third kappa shape index (κ3) is 3.73. The molecule has 0 fully saturated rings. The Morgan fingerprint density at radius 2 is 2.14 bits per heavy atom. The van der Waals surface area contributed by atoms with E-state index < -0.39 is 0 Å². The van der Waals surface area contributed by atoms with E-state index in [1.807, 2.05) is 30.3 Å². The van der Waals surface area contributed by atoms with Crippen LogP contribution in [0, 0.1) is 0 Å². The molecule has 0 aliphatic rings. The van der Waals surface area contributed by atoms with Crippen LogP contribution in [0.5, 0.6) is 0 Å². The van der Waals surface area contributed by atoms with Gasteiger partial charge in [0.1, 0.15) is 0 Å². The molecule has 3 rings (SSSR count). The van der Waals surface area contributed by atoms with Crippen molar-refractivity contribution < 1.29 is 4.79 Å². The predicted molar refractivity (Wildman–Crippen MR) is 80.0 cm³/mol. The summed E-state index contributed by atoms with van der Waals surface area (Å²) >= 11 is 1.46. The Bertz CT molecular complexity index is 708. The van der Waals surface area contributed by atoms with Gasteiger partial charge in [-0.2, -0.15) is 0 Å². The normalized spacial score (nSPS) is 10.5. The van der Waals surface area contributed by atoms with Gasteiger partial charge in [-0.3, -0.25) is 9.78 Å². The quantitative estimate of drug-likeness (QED) is 0.781. The summed E-state index contributed by atoms with van der Waals surface area (Å²) in [4.78, 5) is 16.7. The van der Waals surface area contributed by atoms with Crippen LogP contribution in [0.2, 0.25) is 0 Å². The Morgan fingerprint density at radius 1 is 1.29 bits per heavy atom. The van der Waals surface area contributed by atoms with Crippen LogP contribution in [-0.2, 0) is 17.8 Å². The fraction of sp³-hybridized carbons (Fsp3) is 0.143. The van der Waals surface area contributed by atoms with Crippen LogP contribution in [0.4, 0.5) is 5.82 Å². The molecule has 0 bridgehead atoms. The minimum absolute atomic E-state index is 0.119. The number of carbonyl (C=O) groups is 1. The zero-order valence-corrected chi connectivity index (χ0v) is 12.0. The zero-order chi connectivity index (χ0) is 14.5. The van der Waals surface area contributed by atoms with Crippen molar-refractivity contribution in [3.8, 4) is 0 Å². The summed E-state index contributed by atoms with van der Waals surface area (Å²) in [6, 6.07) is 9.96. The van der Waals surface area contributed by atoms with Gasteiger partial charge in [0.25, 0.3) is 0 Å². The molecule has 1 amide bonds. The van der Waals surface area contributed by atoms with Gasteiger partial charge in [0.05, 0.1) is 24.7 Å². The van der Waals surface area contributed by atoms with Crippen molar-refractivity contribution in [1.82, 2.24) is 20.0 Å². The summed E-state index contributed by atoms with van der Waals surface area (Å²) in [6.07, 6.45) is 3.71. The highest BCUT2D eigenvalue weighted by molar-refractivity contribution is 7.09. The molecule has 3 aromatic rings. The van der Waals surface area contributed by atoms with Crippen LogP contribution in [-0.4, -0.2) is 25.9 Å². The van der Waals surface area contributed by atoms with E-state index in [1.165, 1.54) is 11.3 Å². The van der Waals surface area contributed by atoms with Crippen LogP contribution in [0.25, 0.3) is 0 Å². The van der Waals surface area contributed by atoms with E-state index in [1.54, 1.807) is 22.6 Å². The van der Waals surface area contributed by atoms with E-state index >= 15 is 0 Å². The maximum Gasteiger partial charge on any atom is 0.230 e. The molecule has 0 radical (unpaired) electrons. The van der Waals surface area contributed by atoms with Crippen LogP contribution in [0.1, 0.15) is 10.4 Å². The summed E-state index contributed by atoms with van der Waals surface area (Å²) in [5, 5.41) is 10.7. The Labute approximate surface area is 125 Å². The average molecular weight is 299 g/mol. The lowest BCUT2D eigenvalue weighted by atomic mass is 10.2. The standard InChI is InChI=1S/C14H13N5OS/c20-14(6-12-7-15-10-21-12)16-13-9-19(18-17-13)8-11-4-2-1-3-5-11/h1-5,7,9-10H,6,8H2,(H,16,20). The molecule has 2 heterocycles. The molecule has 6 nitrogen and oxygen atoms in total. The highest BCUT2D eigenvalue weighted by Gasteiger charge is 2.08. The number of thiazole rings is 1. The summed E-state index contributed by atoms with van der Waals surface area (Å²) in [7, 11) is 0. The van der Waals surface area contributed by atoms with Crippen LogP contribution < -0.4 is 5.32 Å². The maximum atomic E-state index is 11.8. The van der Waals surface area contributed by atoms with Crippen molar-refractivity contribution in [3.63, 3.8) is 0 Å². The fourth-order valence-corrected chi connectivity index (χ4v) is 2.47. The molecule has 0 saturated carbocycles. The monoisotopic (exact) mass is 299 g/mol. The molecule has 0 unspecified atom stereocenters. The van der Waals surface area contributed by atoms with Gasteiger partial charge in [-0.25, -0.2) is 4.68 Å². The Balaban J connectivity index is 1.59. The third-order valence-electron chi connectivity index (χ3n) is 2.81. The molecule has 7 heteroatoms. The van der Waals surface area contributed by atoms with Crippen molar-refractivity contribution in [1.29, 1.82) is 0 Å². The van der Waals surface area contributed by atoms with Gasteiger partial charge in [0, 0.05) is 11.1 Å². The molecule has 0 aliphatic carbocycles. The number of hydrogen-bond donors (Lipinski definition) is 1. The highest BCUT2D eigenvalue weighted by atomic mass is 32.1. The first-order valence-electron chi connectivity index (χ1n) is 6.41. The molecule has 2 aromatic heterocycles. The molecule has 0 aliphatic heterocycles. The van der Waals surface area contributed by atoms with Gasteiger partial charge in [-0.1, -0.05) is 35.5 Å². The van der Waals surface area contributed by atoms with E-state index in [-0.39, 0.29) is 5.91 Å². The van der Waals surface area contributed by atoms with E-state index in [2.05, 4.69) is 20.6 Å². The molecule has 1 aromatic carbocycles. The molecule has 1 N–H and O–H groups in total. The highest BCUT2D eigenvalue weighted by Crippen LogP contribution is 2.09. The Kier molecular flexibility index (Phi) is 4.02. The Morgan fingerprint density at radius 3 is 2.90 bits per heavy atom. The molecule has 106 valence electrons. The van der Waals surface area contributed by atoms with Gasteiger partial charge in [0.2, 0.25) is 5.91 Å². The van der Waals surface area contributed by atoms with E-state index in [0.29, 0.717) is 18.8 Å². The van der Waals surface area contributed by atoms with Gasteiger partial charge in [0.15, 0.2) is 5.82 Å². The first-order valence-corrected chi connectivity index (χ1v) is 7.29. The Hall–Kier alpha value is -2.54. The van der Waals surface area contributed by atoms with E-state index in [4.69, 9.17) is 0 Å². The zero-order valence-electron chi connectivity index (χ0n) is 11.1. The largest absolute Gasteiger partial charge is 0.308 e. The third-order valence-corrected chi connectivity index (χ3v) is 3.59. The van der Waals surface area contributed by atoms with Gasteiger partial charge in [-0.05, 0) is 5.56 Å². The topological polar surface area (TPSA) is 72.7 Å². The first-order chi connectivity index (χ1) is 10.3. The number of benzene rings is 1. The van der Waals surface area contributed by atoms with Crippen molar-refractivity contribution in [2.45, 2.75) is 13.0 Å². The number of anilines is 1. The minimum atomic E-state index is -0.119. The molecule has 21 heavy (non-hydrogen) atoms. The second kappa shape index (κ2) is 6.27. The second-order valence-electron chi connectivity index (χ2n) is 4.48. The first kappa shape index (κ1) is 13.4. The molecule has 0 spiro atoms. The molecular formula is C14H13N5OS. The van der Waals surface area contributed by atoms with E-state index in [0.717, 1.165) is 10.4 Å². The summed E-state index contributed by atoms with van der Waals surface area (Å²) < 4.78 is 1.69. The lowest BCUT2D eigenvalue weighted by Gasteiger charge is -2.00. The molecule has 0 saturated heterocycles. The number of rotatable bonds is 5. The number of nitrogens with zero attached hydrogens (tertiary/aromatic N) is 4. The smallest absolute Gasteiger partial charge is 0.230 e. The minimum Gasteiger partial charge on any atom is -0.308 e. The van der Waals surface area contributed by atoms with Crippen molar-refractivity contribution in [2.24, 2.45) is 0 Å². The van der Waals surface area contributed by atoms with Gasteiger partial charge < -0.3 is 5.32 Å². The average Bonchev–Trinajstić information content (AvgIpc) is 3.12. The summed E-state index contributed by atoms with van der Waals surface area (Å²) in [6.45, 7) is 0.624. The van der Waals surface area contributed by atoms with E-state index in [9.17, 15) is 4.79 Å².